The van der Waals surface area contributed by atoms with Crippen LogP contribution in [-0.2, 0) is 0 Å². The van der Waals surface area contributed by atoms with E-state index < -0.39 is 0 Å². The molecular formula is C16H24N2O5. The number of carbonyl (C=O) groups excluding carboxylic acids is 1. The molecule has 0 radical (unpaired) electrons. The molecule has 7 heteroatoms. The van der Waals surface area contributed by atoms with Gasteiger partial charge in [0.2, 0.25) is 5.75 Å². The third-order valence-corrected chi connectivity index (χ3v) is 3.90. The Bertz CT molecular complexity index is 524. The van der Waals surface area contributed by atoms with Gasteiger partial charge in [-0.1, -0.05) is 0 Å². The van der Waals surface area contributed by atoms with Crippen LogP contribution in [0.3, 0.4) is 0 Å². The van der Waals surface area contributed by atoms with Crippen molar-refractivity contribution in [2.75, 3.05) is 26.6 Å². The van der Waals surface area contributed by atoms with Gasteiger partial charge in [0.15, 0.2) is 11.5 Å². The number of ether oxygens (including phenoxy) is 3. The zero-order valence-corrected chi connectivity index (χ0v) is 13.7. The van der Waals surface area contributed by atoms with E-state index in [0.717, 1.165) is 19.3 Å². The highest BCUT2D eigenvalue weighted by Gasteiger charge is 2.22. The van der Waals surface area contributed by atoms with Gasteiger partial charge in [0.25, 0.3) is 0 Å². The quantitative estimate of drug-likeness (QED) is 0.772. The summed E-state index contributed by atoms with van der Waals surface area (Å²) in [4.78, 5) is 12.1. The van der Waals surface area contributed by atoms with Crippen molar-refractivity contribution in [2.24, 2.45) is 0 Å². The first-order chi connectivity index (χ1) is 11.1. The van der Waals surface area contributed by atoms with Crippen LogP contribution in [0.15, 0.2) is 12.1 Å². The third-order valence-electron chi connectivity index (χ3n) is 3.90. The van der Waals surface area contributed by atoms with Crippen molar-refractivity contribution in [1.82, 2.24) is 5.32 Å². The van der Waals surface area contributed by atoms with Gasteiger partial charge >= 0.3 is 6.03 Å². The molecule has 1 aliphatic rings. The van der Waals surface area contributed by atoms with E-state index in [9.17, 15) is 9.90 Å². The highest BCUT2D eigenvalue weighted by atomic mass is 16.5. The lowest BCUT2D eigenvalue weighted by Crippen LogP contribution is -2.41. The summed E-state index contributed by atoms with van der Waals surface area (Å²) in [7, 11) is 4.56. The first kappa shape index (κ1) is 17.2. The minimum absolute atomic E-state index is 0.0132. The van der Waals surface area contributed by atoms with E-state index in [4.69, 9.17) is 14.2 Å². The number of nitrogens with one attached hydrogen (secondary N) is 2. The van der Waals surface area contributed by atoms with Crippen molar-refractivity contribution >= 4 is 11.7 Å². The van der Waals surface area contributed by atoms with Crippen molar-refractivity contribution < 1.29 is 24.1 Å². The van der Waals surface area contributed by atoms with Gasteiger partial charge in [0.05, 0.1) is 33.1 Å². The lowest BCUT2D eigenvalue weighted by molar-refractivity contribution is 0.114. The molecule has 1 aromatic rings. The van der Waals surface area contributed by atoms with E-state index in [1.807, 2.05) is 0 Å². The number of anilines is 1. The molecule has 1 saturated carbocycles. The van der Waals surface area contributed by atoms with Crippen molar-refractivity contribution in [1.29, 1.82) is 0 Å². The van der Waals surface area contributed by atoms with Crippen molar-refractivity contribution in [3.05, 3.63) is 12.1 Å². The SMILES string of the molecule is COc1cc(NC(=O)N[C@@H]2CCC[C@H](O)C2)cc(OC)c1OC. The fourth-order valence-electron chi connectivity index (χ4n) is 2.80. The van der Waals surface area contributed by atoms with Crippen molar-refractivity contribution in [3.8, 4) is 17.2 Å². The monoisotopic (exact) mass is 324 g/mol. The molecular weight excluding hydrogens is 300 g/mol. The van der Waals surface area contributed by atoms with Gasteiger partial charge in [0.1, 0.15) is 0 Å². The summed E-state index contributed by atoms with van der Waals surface area (Å²) in [5.74, 6) is 1.40. The minimum atomic E-state index is -0.338. The van der Waals surface area contributed by atoms with Crippen LogP contribution in [-0.4, -0.2) is 44.6 Å². The molecule has 0 aromatic heterocycles. The molecule has 0 spiro atoms. The lowest BCUT2D eigenvalue weighted by atomic mass is 9.93. The number of methoxy groups -OCH3 is 3. The molecule has 7 nitrogen and oxygen atoms in total. The van der Waals surface area contributed by atoms with Crippen LogP contribution in [0.25, 0.3) is 0 Å². The normalized spacial score (nSPS) is 20.5. The smallest absolute Gasteiger partial charge is 0.319 e. The molecule has 1 fully saturated rings. The maximum Gasteiger partial charge on any atom is 0.319 e. The number of urea groups is 1. The van der Waals surface area contributed by atoms with E-state index in [-0.39, 0.29) is 18.2 Å². The molecule has 0 bridgehead atoms. The third kappa shape index (κ3) is 4.41. The summed E-state index contributed by atoms with van der Waals surface area (Å²) < 4.78 is 15.8. The van der Waals surface area contributed by atoms with Crippen LogP contribution in [0.1, 0.15) is 25.7 Å². The van der Waals surface area contributed by atoms with Gasteiger partial charge in [-0.05, 0) is 25.7 Å². The molecule has 0 aliphatic heterocycles. The number of aliphatic hydroxyl groups excluding tert-OH is 1. The van der Waals surface area contributed by atoms with Crippen LogP contribution < -0.4 is 24.8 Å². The summed E-state index contributed by atoms with van der Waals surface area (Å²) >= 11 is 0. The molecule has 128 valence electrons. The van der Waals surface area contributed by atoms with E-state index in [0.29, 0.717) is 29.4 Å². The van der Waals surface area contributed by atoms with Crippen LogP contribution >= 0.6 is 0 Å². The van der Waals surface area contributed by atoms with Gasteiger partial charge in [-0.15, -0.1) is 0 Å². The number of carbonyl (C=O) groups is 1. The van der Waals surface area contributed by atoms with Gasteiger partial charge in [-0.3, -0.25) is 0 Å². The van der Waals surface area contributed by atoms with E-state index in [2.05, 4.69) is 10.6 Å². The maximum absolute atomic E-state index is 12.1. The topological polar surface area (TPSA) is 89.1 Å². The van der Waals surface area contributed by atoms with Crippen LogP contribution in [0.5, 0.6) is 17.2 Å². The van der Waals surface area contributed by atoms with Crippen LogP contribution in [0.2, 0.25) is 0 Å². The molecule has 0 saturated heterocycles. The number of amides is 2. The van der Waals surface area contributed by atoms with E-state index in [1.165, 1.54) is 21.3 Å². The zero-order valence-electron chi connectivity index (χ0n) is 13.7. The summed E-state index contributed by atoms with van der Waals surface area (Å²) in [5.41, 5.74) is 0.536. The first-order valence-electron chi connectivity index (χ1n) is 7.63. The molecule has 2 amide bonds. The number of hydrogen-bond donors (Lipinski definition) is 3. The highest BCUT2D eigenvalue weighted by molar-refractivity contribution is 5.90. The molecule has 2 atom stereocenters. The summed E-state index contributed by atoms with van der Waals surface area (Å²) in [6.45, 7) is 0. The van der Waals surface area contributed by atoms with Gasteiger partial charge in [0, 0.05) is 18.2 Å². The minimum Gasteiger partial charge on any atom is -0.493 e. The Hall–Kier alpha value is -2.15. The van der Waals surface area contributed by atoms with Crippen LogP contribution in [0, 0.1) is 0 Å². The number of benzene rings is 1. The first-order valence-corrected chi connectivity index (χ1v) is 7.63. The number of hydrogen-bond acceptors (Lipinski definition) is 5. The Labute approximate surface area is 135 Å². The van der Waals surface area contributed by atoms with Gasteiger partial charge in [-0.2, -0.15) is 0 Å². The van der Waals surface area contributed by atoms with E-state index >= 15 is 0 Å². The van der Waals surface area contributed by atoms with Crippen molar-refractivity contribution in [2.45, 2.75) is 37.8 Å². The summed E-state index contributed by atoms with van der Waals surface area (Å²) in [6, 6.07) is 2.99. The molecule has 23 heavy (non-hydrogen) atoms. The fraction of sp³-hybridized carbons (Fsp3) is 0.562. The Kier molecular flexibility index (Phi) is 5.92. The number of rotatable bonds is 5. The van der Waals surface area contributed by atoms with Crippen molar-refractivity contribution in [3.63, 3.8) is 0 Å². The summed E-state index contributed by atoms with van der Waals surface area (Å²) in [6.07, 6.45) is 2.83. The average molecular weight is 324 g/mol. The predicted molar refractivity (Wildman–Crippen MR) is 86.5 cm³/mol. The second-order valence-electron chi connectivity index (χ2n) is 5.53. The maximum atomic E-state index is 12.1. The average Bonchev–Trinajstić information content (AvgIpc) is 2.53. The lowest BCUT2D eigenvalue weighted by Gasteiger charge is -2.26. The predicted octanol–water partition coefficient (Wildman–Crippen LogP) is 2.14. The molecule has 3 N–H and O–H groups in total. The molecule has 1 aromatic carbocycles. The molecule has 0 unspecified atom stereocenters. The Morgan fingerprint density at radius 1 is 1.13 bits per heavy atom. The Balaban J connectivity index is 2.05. The Morgan fingerprint density at radius 2 is 1.78 bits per heavy atom. The molecule has 2 rings (SSSR count). The second kappa shape index (κ2) is 7.92. The molecule has 1 aliphatic carbocycles. The summed E-state index contributed by atoms with van der Waals surface area (Å²) in [5, 5.41) is 15.3. The second-order valence-corrected chi connectivity index (χ2v) is 5.53. The fourth-order valence-corrected chi connectivity index (χ4v) is 2.80. The standard InChI is InChI=1S/C16H24N2O5/c1-21-13-8-11(9-14(22-2)15(13)23-3)18-16(20)17-10-5-4-6-12(19)7-10/h8-10,12,19H,4-7H2,1-3H3,(H2,17,18,20)/t10-,12+/m1/s1. The molecule has 0 heterocycles. The number of aliphatic hydroxyl groups is 1. The van der Waals surface area contributed by atoms with Gasteiger partial charge in [-0.25, -0.2) is 4.79 Å². The van der Waals surface area contributed by atoms with E-state index in [1.54, 1.807) is 12.1 Å². The van der Waals surface area contributed by atoms with Crippen LogP contribution in [0.4, 0.5) is 10.5 Å². The Morgan fingerprint density at radius 3 is 2.30 bits per heavy atom. The zero-order chi connectivity index (χ0) is 16.8. The highest BCUT2D eigenvalue weighted by Crippen LogP contribution is 2.39. The van der Waals surface area contributed by atoms with Gasteiger partial charge < -0.3 is 30.0 Å². The largest absolute Gasteiger partial charge is 0.493 e.